The average molecular weight is 194 g/mol. The molecule has 0 amide bonds. The Balaban J connectivity index is 2.22. The molecule has 0 aromatic heterocycles. The Hall–Kier alpha value is -0.930. The van der Waals surface area contributed by atoms with Crippen LogP contribution in [0.15, 0.2) is 24.3 Å². The molecule has 0 radical (unpaired) electrons. The molecule has 1 fully saturated rings. The van der Waals surface area contributed by atoms with Gasteiger partial charge in [0, 0.05) is 31.2 Å². The molecule has 2 nitrogen and oxygen atoms in total. The quantitative estimate of drug-likeness (QED) is 0.790. The Morgan fingerprint density at radius 1 is 1.36 bits per heavy atom. The summed E-state index contributed by atoms with van der Waals surface area (Å²) in [6, 6.07) is 6.96. The molecule has 0 aliphatic carbocycles. The minimum Gasteiger partial charge on any atom is -0.329 e. The number of halogens is 1. The molecule has 3 heteroatoms. The highest BCUT2D eigenvalue weighted by Crippen LogP contribution is 2.26. The molecule has 1 saturated heterocycles. The zero-order chi connectivity index (χ0) is 9.97. The van der Waals surface area contributed by atoms with Gasteiger partial charge < -0.3 is 5.73 Å². The van der Waals surface area contributed by atoms with E-state index in [2.05, 4.69) is 4.90 Å². The van der Waals surface area contributed by atoms with Crippen molar-refractivity contribution in [3.05, 3.63) is 35.6 Å². The van der Waals surface area contributed by atoms with E-state index in [9.17, 15) is 4.39 Å². The fourth-order valence-corrected chi connectivity index (χ4v) is 1.87. The first-order chi connectivity index (χ1) is 6.83. The minimum absolute atomic E-state index is 0.0601. The van der Waals surface area contributed by atoms with E-state index >= 15 is 0 Å². The summed E-state index contributed by atoms with van der Waals surface area (Å²) >= 11 is 0. The van der Waals surface area contributed by atoms with Crippen LogP contribution in [-0.2, 0) is 0 Å². The zero-order valence-electron chi connectivity index (χ0n) is 8.12. The second-order valence-corrected chi connectivity index (χ2v) is 3.66. The maximum atomic E-state index is 13.5. The second kappa shape index (κ2) is 4.07. The molecule has 1 aliphatic rings. The minimum atomic E-state index is -0.144. The molecule has 14 heavy (non-hydrogen) atoms. The fourth-order valence-electron chi connectivity index (χ4n) is 1.87. The molecule has 1 aliphatic heterocycles. The molecular formula is C11H15FN2. The van der Waals surface area contributed by atoms with Gasteiger partial charge in [0.2, 0.25) is 0 Å². The van der Waals surface area contributed by atoms with Gasteiger partial charge in [-0.3, -0.25) is 4.90 Å². The highest BCUT2D eigenvalue weighted by atomic mass is 19.1. The van der Waals surface area contributed by atoms with Gasteiger partial charge in [0.25, 0.3) is 0 Å². The number of nitrogens with zero attached hydrogens (tertiary/aromatic N) is 1. The fraction of sp³-hybridized carbons (Fsp3) is 0.455. The third-order valence-electron chi connectivity index (χ3n) is 2.82. The van der Waals surface area contributed by atoms with Crippen LogP contribution in [0.4, 0.5) is 4.39 Å². The molecule has 0 bridgehead atoms. The Kier molecular flexibility index (Phi) is 2.79. The first kappa shape index (κ1) is 9.62. The molecule has 0 saturated carbocycles. The van der Waals surface area contributed by atoms with E-state index in [1.807, 2.05) is 12.1 Å². The van der Waals surface area contributed by atoms with Crippen molar-refractivity contribution in [2.45, 2.75) is 12.5 Å². The molecule has 1 aromatic rings. The molecule has 2 N–H and O–H groups in total. The SMILES string of the molecule is NCC(c1ccccc1F)N1CCC1. The van der Waals surface area contributed by atoms with Crippen LogP contribution in [0.1, 0.15) is 18.0 Å². The maximum absolute atomic E-state index is 13.5. The monoisotopic (exact) mass is 194 g/mol. The maximum Gasteiger partial charge on any atom is 0.128 e. The van der Waals surface area contributed by atoms with Crippen molar-refractivity contribution in [2.75, 3.05) is 19.6 Å². The van der Waals surface area contributed by atoms with E-state index in [0.717, 1.165) is 18.7 Å². The van der Waals surface area contributed by atoms with Crippen molar-refractivity contribution in [2.24, 2.45) is 5.73 Å². The predicted octanol–water partition coefficient (Wildman–Crippen LogP) is 1.53. The van der Waals surface area contributed by atoms with E-state index in [1.54, 1.807) is 6.07 Å². The molecule has 1 unspecified atom stereocenters. The van der Waals surface area contributed by atoms with Crippen molar-refractivity contribution in [1.82, 2.24) is 4.90 Å². The molecule has 1 aromatic carbocycles. The number of hydrogen-bond donors (Lipinski definition) is 1. The van der Waals surface area contributed by atoms with Gasteiger partial charge in [-0.1, -0.05) is 18.2 Å². The van der Waals surface area contributed by atoms with Crippen molar-refractivity contribution in [1.29, 1.82) is 0 Å². The Labute approximate surface area is 83.5 Å². The summed E-state index contributed by atoms with van der Waals surface area (Å²) in [7, 11) is 0. The number of benzene rings is 1. The summed E-state index contributed by atoms with van der Waals surface area (Å²) in [6.45, 7) is 2.56. The molecule has 76 valence electrons. The topological polar surface area (TPSA) is 29.3 Å². The largest absolute Gasteiger partial charge is 0.329 e. The van der Waals surface area contributed by atoms with Crippen LogP contribution in [0.5, 0.6) is 0 Å². The van der Waals surface area contributed by atoms with Crippen LogP contribution in [0, 0.1) is 5.82 Å². The van der Waals surface area contributed by atoms with Crippen molar-refractivity contribution < 1.29 is 4.39 Å². The molecule has 0 spiro atoms. The first-order valence-corrected chi connectivity index (χ1v) is 5.01. The Morgan fingerprint density at radius 2 is 2.07 bits per heavy atom. The van der Waals surface area contributed by atoms with Crippen molar-refractivity contribution in [3.8, 4) is 0 Å². The Morgan fingerprint density at radius 3 is 2.57 bits per heavy atom. The van der Waals surface area contributed by atoms with Crippen molar-refractivity contribution >= 4 is 0 Å². The van der Waals surface area contributed by atoms with E-state index < -0.39 is 0 Å². The van der Waals surface area contributed by atoms with Crippen LogP contribution in [0.25, 0.3) is 0 Å². The first-order valence-electron chi connectivity index (χ1n) is 5.01. The van der Waals surface area contributed by atoms with Gasteiger partial charge in [0.05, 0.1) is 0 Å². The number of nitrogens with two attached hydrogens (primary N) is 1. The average Bonchev–Trinajstić information content (AvgIpc) is 2.12. The van der Waals surface area contributed by atoms with Gasteiger partial charge >= 0.3 is 0 Å². The standard InChI is InChI=1S/C11H15FN2/c12-10-5-2-1-4-9(10)11(8-13)14-6-3-7-14/h1-2,4-5,11H,3,6-8,13H2. The molecule has 1 atom stereocenters. The van der Waals surface area contributed by atoms with Crippen LogP contribution < -0.4 is 5.73 Å². The van der Waals surface area contributed by atoms with Gasteiger partial charge in [-0.15, -0.1) is 0 Å². The third kappa shape index (κ3) is 1.65. The van der Waals surface area contributed by atoms with Gasteiger partial charge in [0.1, 0.15) is 5.82 Å². The molecule has 2 rings (SSSR count). The van der Waals surface area contributed by atoms with Crippen LogP contribution in [0.2, 0.25) is 0 Å². The van der Waals surface area contributed by atoms with Gasteiger partial charge in [-0.25, -0.2) is 4.39 Å². The Bertz CT molecular complexity index is 310. The van der Waals surface area contributed by atoms with Gasteiger partial charge in [0.15, 0.2) is 0 Å². The lowest BCUT2D eigenvalue weighted by atomic mass is 10.0. The zero-order valence-corrected chi connectivity index (χ0v) is 8.12. The number of hydrogen-bond acceptors (Lipinski definition) is 2. The number of rotatable bonds is 3. The van der Waals surface area contributed by atoms with Gasteiger partial charge in [-0.2, -0.15) is 0 Å². The van der Waals surface area contributed by atoms with Crippen LogP contribution in [-0.4, -0.2) is 24.5 Å². The smallest absolute Gasteiger partial charge is 0.128 e. The molecule has 1 heterocycles. The summed E-state index contributed by atoms with van der Waals surface area (Å²) in [4.78, 5) is 2.22. The summed E-state index contributed by atoms with van der Waals surface area (Å²) in [5.74, 6) is -0.144. The predicted molar refractivity (Wildman–Crippen MR) is 54.4 cm³/mol. The lowest BCUT2D eigenvalue weighted by molar-refractivity contribution is 0.120. The third-order valence-corrected chi connectivity index (χ3v) is 2.82. The highest BCUT2D eigenvalue weighted by Gasteiger charge is 2.25. The number of likely N-dealkylation sites (tertiary alicyclic amines) is 1. The van der Waals surface area contributed by atoms with E-state index in [0.29, 0.717) is 6.54 Å². The lowest BCUT2D eigenvalue weighted by Crippen LogP contribution is -2.43. The summed E-state index contributed by atoms with van der Waals surface area (Å²) < 4.78 is 13.5. The van der Waals surface area contributed by atoms with E-state index in [1.165, 1.54) is 12.5 Å². The van der Waals surface area contributed by atoms with Crippen LogP contribution >= 0.6 is 0 Å². The molecular weight excluding hydrogens is 179 g/mol. The summed E-state index contributed by atoms with van der Waals surface area (Å²) in [6.07, 6.45) is 1.20. The summed E-state index contributed by atoms with van der Waals surface area (Å²) in [5, 5.41) is 0. The van der Waals surface area contributed by atoms with E-state index in [-0.39, 0.29) is 11.9 Å². The summed E-state index contributed by atoms with van der Waals surface area (Å²) in [5.41, 5.74) is 6.41. The van der Waals surface area contributed by atoms with Gasteiger partial charge in [-0.05, 0) is 12.5 Å². The van der Waals surface area contributed by atoms with Crippen molar-refractivity contribution in [3.63, 3.8) is 0 Å². The van der Waals surface area contributed by atoms with Crippen LogP contribution in [0.3, 0.4) is 0 Å². The lowest BCUT2D eigenvalue weighted by Gasteiger charge is -2.38. The van der Waals surface area contributed by atoms with E-state index in [4.69, 9.17) is 5.73 Å². The normalized spacial score (nSPS) is 19.0. The highest BCUT2D eigenvalue weighted by molar-refractivity contribution is 5.22. The second-order valence-electron chi connectivity index (χ2n) is 3.66.